The van der Waals surface area contributed by atoms with Crippen LogP contribution in [-0.2, 0) is 12.8 Å². The van der Waals surface area contributed by atoms with Crippen LogP contribution >= 0.6 is 0 Å². The summed E-state index contributed by atoms with van der Waals surface area (Å²) in [5.74, 6) is 0.381. The van der Waals surface area contributed by atoms with Gasteiger partial charge in [-0.25, -0.2) is 4.98 Å². The van der Waals surface area contributed by atoms with Gasteiger partial charge in [0.25, 0.3) is 0 Å². The van der Waals surface area contributed by atoms with Crippen molar-refractivity contribution >= 4 is 5.82 Å². The normalized spacial score (nSPS) is 14.4. The lowest BCUT2D eigenvalue weighted by atomic mass is 9.84. The Kier molecular flexibility index (Phi) is 4.57. The molecule has 2 aromatic rings. The molecule has 0 saturated heterocycles. The van der Waals surface area contributed by atoms with Crippen LogP contribution in [0.1, 0.15) is 59.2 Å². The first kappa shape index (κ1) is 16.5. The van der Waals surface area contributed by atoms with Crippen LogP contribution in [0.4, 0.5) is 5.82 Å². The van der Waals surface area contributed by atoms with E-state index in [4.69, 9.17) is 5.73 Å². The predicted molar refractivity (Wildman–Crippen MR) is 98.9 cm³/mol. The van der Waals surface area contributed by atoms with Gasteiger partial charge in [-0.1, -0.05) is 30.5 Å². The number of anilines is 1. The molecule has 2 N–H and O–H groups in total. The highest BCUT2D eigenvalue weighted by atomic mass is 14.9. The molecule has 1 aromatic heterocycles. The second kappa shape index (κ2) is 6.65. The zero-order chi connectivity index (χ0) is 17.3. The number of aryl methyl sites for hydroxylation is 4. The Labute approximate surface area is 144 Å². The van der Waals surface area contributed by atoms with Crippen LogP contribution in [0.3, 0.4) is 0 Å². The fraction of sp³-hybridized carbons (Fsp3) is 0.429. The summed E-state index contributed by atoms with van der Waals surface area (Å²) < 4.78 is 0. The zero-order valence-corrected chi connectivity index (χ0v) is 14.9. The second-order valence-corrected chi connectivity index (χ2v) is 6.97. The van der Waals surface area contributed by atoms with E-state index in [1.807, 2.05) is 0 Å². The summed E-state index contributed by atoms with van der Waals surface area (Å²) in [5, 5.41) is 9.75. The highest BCUT2D eigenvalue weighted by Gasteiger charge is 2.22. The van der Waals surface area contributed by atoms with Gasteiger partial charge in [0.2, 0.25) is 0 Å². The summed E-state index contributed by atoms with van der Waals surface area (Å²) in [6.45, 7) is 6.37. The van der Waals surface area contributed by atoms with Gasteiger partial charge < -0.3 is 5.73 Å². The molecule has 0 radical (unpaired) electrons. The summed E-state index contributed by atoms with van der Waals surface area (Å²) in [5.41, 5.74) is 14.9. The predicted octanol–water partition coefficient (Wildman–Crippen LogP) is 4.79. The summed E-state index contributed by atoms with van der Waals surface area (Å²) in [7, 11) is 0. The molecular weight excluding hydrogens is 294 g/mol. The smallest absolute Gasteiger partial charge is 0.142 e. The minimum Gasteiger partial charge on any atom is -0.383 e. The van der Waals surface area contributed by atoms with Gasteiger partial charge in [-0.3, -0.25) is 0 Å². The number of pyridine rings is 1. The lowest BCUT2D eigenvalue weighted by molar-refractivity contribution is 0.609. The topological polar surface area (TPSA) is 62.7 Å². The van der Waals surface area contributed by atoms with Crippen LogP contribution in [0.2, 0.25) is 0 Å². The monoisotopic (exact) mass is 319 g/mol. The number of hydrogen-bond acceptors (Lipinski definition) is 3. The first-order chi connectivity index (χ1) is 11.5. The zero-order valence-electron chi connectivity index (χ0n) is 14.9. The quantitative estimate of drug-likeness (QED) is 0.822. The van der Waals surface area contributed by atoms with Gasteiger partial charge in [0, 0.05) is 11.3 Å². The molecule has 1 aliphatic rings. The van der Waals surface area contributed by atoms with Crippen molar-refractivity contribution in [2.24, 2.45) is 0 Å². The molecule has 3 nitrogen and oxygen atoms in total. The number of nitriles is 1. The number of nitrogens with zero attached hydrogens (tertiary/aromatic N) is 2. The molecule has 0 aliphatic heterocycles. The summed E-state index contributed by atoms with van der Waals surface area (Å²) >= 11 is 0. The number of nitrogen functional groups attached to an aromatic ring is 1. The number of rotatable bonds is 1. The number of nitrogens with two attached hydrogens (primary N) is 1. The third-order valence-corrected chi connectivity index (χ3v) is 5.04. The number of hydrogen-bond donors (Lipinski definition) is 1. The van der Waals surface area contributed by atoms with E-state index in [1.165, 1.54) is 40.7 Å². The Morgan fingerprint density at radius 1 is 0.958 bits per heavy atom. The van der Waals surface area contributed by atoms with Crippen LogP contribution in [0.15, 0.2) is 12.1 Å². The van der Waals surface area contributed by atoms with E-state index in [9.17, 15) is 5.26 Å². The van der Waals surface area contributed by atoms with Gasteiger partial charge in [-0.15, -0.1) is 0 Å². The van der Waals surface area contributed by atoms with E-state index in [1.54, 1.807) is 0 Å². The SMILES string of the molecule is Cc1cc(C)c(-c2c(C#N)c(N)nc3c2CCCCCC3)c(C)c1. The Morgan fingerprint density at radius 3 is 2.21 bits per heavy atom. The van der Waals surface area contributed by atoms with Crippen molar-refractivity contribution < 1.29 is 0 Å². The van der Waals surface area contributed by atoms with Gasteiger partial charge in [-0.05, 0) is 68.7 Å². The number of benzene rings is 1. The van der Waals surface area contributed by atoms with E-state index in [0.29, 0.717) is 11.4 Å². The maximum atomic E-state index is 9.75. The molecule has 0 saturated carbocycles. The molecule has 1 aliphatic carbocycles. The van der Waals surface area contributed by atoms with Gasteiger partial charge in [0.05, 0.1) is 0 Å². The van der Waals surface area contributed by atoms with Gasteiger partial charge in [-0.2, -0.15) is 5.26 Å². The molecule has 0 amide bonds. The first-order valence-corrected chi connectivity index (χ1v) is 8.82. The average Bonchev–Trinajstić information content (AvgIpc) is 2.48. The third-order valence-electron chi connectivity index (χ3n) is 5.04. The molecule has 0 unspecified atom stereocenters. The maximum Gasteiger partial charge on any atom is 0.142 e. The number of fused-ring (bicyclic) bond motifs is 1. The van der Waals surface area contributed by atoms with Crippen LogP contribution in [0, 0.1) is 32.1 Å². The lowest BCUT2D eigenvalue weighted by Gasteiger charge is -2.22. The van der Waals surface area contributed by atoms with Crippen molar-refractivity contribution in [1.82, 2.24) is 4.98 Å². The summed E-state index contributed by atoms with van der Waals surface area (Å²) in [6, 6.07) is 6.71. The second-order valence-electron chi connectivity index (χ2n) is 6.97. The Balaban J connectivity index is 2.36. The third kappa shape index (κ3) is 2.89. The van der Waals surface area contributed by atoms with E-state index in [0.717, 1.165) is 36.9 Å². The van der Waals surface area contributed by atoms with Crippen molar-refractivity contribution in [3.8, 4) is 17.2 Å². The van der Waals surface area contributed by atoms with E-state index < -0.39 is 0 Å². The fourth-order valence-electron chi connectivity index (χ4n) is 4.08. The van der Waals surface area contributed by atoms with Gasteiger partial charge >= 0.3 is 0 Å². The highest BCUT2D eigenvalue weighted by molar-refractivity contribution is 5.83. The van der Waals surface area contributed by atoms with Crippen molar-refractivity contribution in [3.63, 3.8) is 0 Å². The molecule has 0 atom stereocenters. The lowest BCUT2D eigenvalue weighted by Crippen LogP contribution is -2.11. The Hall–Kier alpha value is -2.34. The first-order valence-electron chi connectivity index (χ1n) is 8.82. The average molecular weight is 319 g/mol. The molecular formula is C21H25N3. The minimum atomic E-state index is 0.381. The molecule has 1 aromatic carbocycles. The molecule has 124 valence electrons. The molecule has 3 heteroatoms. The standard InChI is InChI=1S/C21H25N3/c1-13-10-14(2)19(15(3)11-13)20-16-8-6-4-5-7-9-18(16)24-21(23)17(20)12-22/h10-11H,4-9H2,1-3H3,(H2,23,24). The van der Waals surface area contributed by atoms with Crippen LogP contribution in [0.25, 0.3) is 11.1 Å². The molecule has 3 rings (SSSR count). The number of aromatic nitrogens is 1. The van der Waals surface area contributed by atoms with Crippen LogP contribution in [0.5, 0.6) is 0 Å². The van der Waals surface area contributed by atoms with Crippen LogP contribution in [-0.4, -0.2) is 4.98 Å². The van der Waals surface area contributed by atoms with E-state index in [-0.39, 0.29) is 0 Å². The molecule has 1 heterocycles. The summed E-state index contributed by atoms with van der Waals surface area (Å²) in [6.07, 6.45) is 6.74. The fourth-order valence-corrected chi connectivity index (χ4v) is 4.08. The minimum absolute atomic E-state index is 0.381. The largest absolute Gasteiger partial charge is 0.383 e. The van der Waals surface area contributed by atoms with Crippen molar-refractivity contribution in [2.45, 2.75) is 59.3 Å². The molecule has 24 heavy (non-hydrogen) atoms. The van der Waals surface area contributed by atoms with Gasteiger partial charge in [0.15, 0.2) is 0 Å². The Bertz CT molecular complexity index is 805. The van der Waals surface area contributed by atoms with Crippen molar-refractivity contribution in [1.29, 1.82) is 5.26 Å². The van der Waals surface area contributed by atoms with E-state index >= 15 is 0 Å². The maximum absolute atomic E-state index is 9.75. The van der Waals surface area contributed by atoms with E-state index in [2.05, 4.69) is 44.0 Å². The van der Waals surface area contributed by atoms with Crippen molar-refractivity contribution in [3.05, 3.63) is 45.6 Å². The van der Waals surface area contributed by atoms with Gasteiger partial charge in [0.1, 0.15) is 17.5 Å². The van der Waals surface area contributed by atoms with Crippen LogP contribution < -0.4 is 5.73 Å². The Morgan fingerprint density at radius 2 is 1.58 bits per heavy atom. The highest BCUT2D eigenvalue weighted by Crippen LogP contribution is 2.38. The summed E-state index contributed by atoms with van der Waals surface area (Å²) in [4.78, 5) is 4.60. The van der Waals surface area contributed by atoms with Crippen molar-refractivity contribution in [2.75, 3.05) is 5.73 Å². The molecule has 0 spiro atoms. The molecule has 0 fully saturated rings. The molecule has 0 bridgehead atoms.